The van der Waals surface area contributed by atoms with Gasteiger partial charge in [-0.2, -0.15) is 0 Å². The lowest BCUT2D eigenvalue weighted by Crippen LogP contribution is -2.42. The van der Waals surface area contributed by atoms with E-state index in [1.807, 2.05) is 31.2 Å². The van der Waals surface area contributed by atoms with E-state index in [1.165, 1.54) is 0 Å². The molecule has 4 rings (SSSR count). The van der Waals surface area contributed by atoms with Crippen LogP contribution in [0, 0.1) is 6.92 Å². The van der Waals surface area contributed by atoms with E-state index in [2.05, 4.69) is 25.4 Å². The summed E-state index contributed by atoms with van der Waals surface area (Å²) in [4.78, 5) is 25.9. The van der Waals surface area contributed by atoms with Crippen LogP contribution in [-0.4, -0.2) is 86.6 Å². The predicted molar refractivity (Wildman–Crippen MR) is 125 cm³/mol. The molecular weight excluding hydrogens is 432 g/mol. The SMILES string of the molecule is Cc1c(Cl)nc(-c2ccc(NC(=O)NCCN3CCOCC3)cc2)nc1N1CCOCC1. The summed E-state index contributed by atoms with van der Waals surface area (Å²) in [6.45, 7) is 9.54. The first kappa shape index (κ1) is 22.7. The number of carbonyl (C=O) groups excluding carboxylic acids is 1. The second-order valence-electron chi connectivity index (χ2n) is 7.80. The summed E-state index contributed by atoms with van der Waals surface area (Å²) in [5, 5.41) is 6.19. The van der Waals surface area contributed by atoms with Crippen LogP contribution in [0.25, 0.3) is 11.4 Å². The number of halogens is 1. The Bertz CT molecular complexity index is 915. The number of hydrogen-bond donors (Lipinski definition) is 2. The number of benzene rings is 1. The number of nitrogens with one attached hydrogen (secondary N) is 2. The van der Waals surface area contributed by atoms with Gasteiger partial charge in [0.2, 0.25) is 0 Å². The van der Waals surface area contributed by atoms with Gasteiger partial charge in [0.1, 0.15) is 11.0 Å². The summed E-state index contributed by atoms with van der Waals surface area (Å²) in [6, 6.07) is 7.21. The van der Waals surface area contributed by atoms with Crippen molar-refractivity contribution in [1.82, 2.24) is 20.2 Å². The number of ether oxygens (including phenoxy) is 2. The highest BCUT2D eigenvalue weighted by molar-refractivity contribution is 6.30. The summed E-state index contributed by atoms with van der Waals surface area (Å²) in [7, 11) is 0. The number of anilines is 2. The highest BCUT2D eigenvalue weighted by Crippen LogP contribution is 2.28. The topological polar surface area (TPSA) is 91.9 Å². The lowest BCUT2D eigenvalue weighted by atomic mass is 10.2. The lowest BCUT2D eigenvalue weighted by Gasteiger charge is -2.29. The molecule has 172 valence electrons. The fourth-order valence-corrected chi connectivity index (χ4v) is 3.89. The van der Waals surface area contributed by atoms with Gasteiger partial charge in [-0.3, -0.25) is 4.90 Å². The van der Waals surface area contributed by atoms with Gasteiger partial charge in [-0.05, 0) is 31.2 Å². The molecular formula is C22H29ClN6O3. The van der Waals surface area contributed by atoms with Gasteiger partial charge in [0.25, 0.3) is 0 Å². The van der Waals surface area contributed by atoms with E-state index in [4.69, 9.17) is 26.1 Å². The zero-order valence-electron chi connectivity index (χ0n) is 18.3. The van der Waals surface area contributed by atoms with Gasteiger partial charge in [-0.1, -0.05) is 11.6 Å². The van der Waals surface area contributed by atoms with Gasteiger partial charge < -0.3 is 25.0 Å². The summed E-state index contributed by atoms with van der Waals surface area (Å²) in [5.41, 5.74) is 2.40. The highest BCUT2D eigenvalue weighted by atomic mass is 35.5. The van der Waals surface area contributed by atoms with Gasteiger partial charge >= 0.3 is 6.03 Å². The van der Waals surface area contributed by atoms with Crippen LogP contribution in [0.15, 0.2) is 24.3 Å². The molecule has 0 atom stereocenters. The maximum atomic E-state index is 12.2. The number of morpholine rings is 2. The molecule has 0 saturated carbocycles. The number of amides is 2. The maximum absolute atomic E-state index is 12.2. The molecule has 0 aliphatic carbocycles. The van der Waals surface area contributed by atoms with Crippen molar-refractivity contribution < 1.29 is 14.3 Å². The van der Waals surface area contributed by atoms with Gasteiger partial charge in [0, 0.05) is 56.1 Å². The summed E-state index contributed by atoms with van der Waals surface area (Å²) in [5.74, 6) is 1.40. The number of urea groups is 1. The van der Waals surface area contributed by atoms with Crippen molar-refractivity contribution in [2.45, 2.75) is 6.92 Å². The van der Waals surface area contributed by atoms with Crippen molar-refractivity contribution in [3.63, 3.8) is 0 Å². The normalized spacial score (nSPS) is 17.2. The summed E-state index contributed by atoms with van der Waals surface area (Å²) >= 11 is 6.41. The largest absolute Gasteiger partial charge is 0.379 e. The van der Waals surface area contributed by atoms with E-state index in [0.717, 1.165) is 62.9 Å². The number of rotatable bonds is 6. The highest BCUT2D eigenvalue weighted by Gasteiger charge is 2.19. The third-order valence-electron chi connectivity index (χ3n) is 5.59. The average Bonchev–Trinajstić information content (AvgIpc) is 2.82. The smallest absolute Gasteiger partial charge is 0.319 e. The molecule has 32 heavy (non-hydrogen) atoms. The monoisotopic (exact) mass is 460 g/mol. The van der Waals surface area contributed by atoms with E-state index < -0.39 is 0 Å². The Hall–Kier alpha value is -2.46. The van der Waals surface area contributed by atoms with Crippen LogP contribution in [-0.2, 0) is 9.47 Å². The molecule has 0 bridgehead atoms. The van der Waals surface area contributed by atoms with E-state index in [-0.39, 0.29) is 6.03 Å². The molecule has 2 N–H and O–H groups in total. The molecule has 10 heteroatoms. The molecule has 0 unspecified atom stereocenters. The molecule has 1 aromatic carbocycles. The average molecular weight is 461 g/mol. The zero-order valence-corrected chi connectivity index (χ0v) is 19.0. The van der Waals surface area contributed by atoms with Crippen LogP contribution in [0.4, 0.5) is 16.3 Å². The Balaban J connectivity index is 1.35. The predicted octanol–water partition coefficient (Wildman–Crippen LogP) is 2.40. The Kier molecular flexibility index (Phi) is 7.75. The quantitative estimate of drug-likeness (QED) is 0.639. The Morgan fingerprint density at radius 2 is 1.69 bits per heavy atom. The third-order valence-corrected chi connectivity index (χ3v) is 5.96. The molecule has 2 amide bonds. The summed E-state index contributed by atoms with van der Waals surface area (Å²) in [6.07, 6.45) is 0. The van der Waals surface area contributed by atoms with Gasteiger partial charge in [-0.25, -0.2) is 14.8 Å². The Morgan fingerprint density at radius 1 is 1.03 bits per heavy atom. The molecule has 1 aromatic heterocycles. The molecule has 3 heterocycles. The lowest BCUT2D eigenvalue weighted by molar-refractivity contribution is 0.0388. The first-order valence-corrected chi connectivity index (χ1v) is 11.3. The molecule has 2 fully saturated rings. The number of carbonyl (C=O) groups is 1. The molecule has 9 nitrogen and oxygen atoms in total. The van der Waals surface area contributed by atoms with Crippen LogP contribution < -0.4 is 15.5 Å². The van der Waals surface area contributed by atoms with E-state index in [9.17, 15) is 4.79 Å². The van der Waals surface area contributed by atoms with E-state index in [0.29, 0.717) is 36.4 Å². The fourth-order valence-electron chi connectivity index (χ4n) is 3.72. The van der Waals surface area contributed by atoms with Crippen LogP contribution >= 0.6 is 11.6 Å². The van der Waals surface area contributed by atoms with Crippen LogP contribution in [0.5, 0.6) is 0 Å². The number of aromatic nitrogens is 2. The van der Waals surface area contributed by atoms with Crippen molar-refractivity contribution in [2.24, 2.45) is 0 Å². The maximum Gasteiger partial charge on any atom is 0.319 e. The zero-order chi connectivity index (χ0) is 22.3. The fraction of sp³-hybridized carbons (Fsp3) is 0.500. The van der Waals surface area contributed by atoms with Crippen molar-refractivity contribution in [3.05, 3.63) is 35.0 Å². The molecule has 0 spiro atoms. The Morgan fingerprint density at radius 3 is 2.38 bits per heavy atom. The molecule has 0 radical (unpaired) electrons. The first-order valence-electron chi connectivity index (χ1n) is 10.9. The van der Waals surface area contributed by atoms with Crippen LogP contribution in [0.1, 0.15) is 5.56 Å². The second-order valence-corrected chi connectivity index (χ2v) is 8.16. The van der Waals surface area contributed by atoms with Crippen molar-refractivity contribution in [2.75, 3.05) is 75.9 Å². The molecule has 2 aromatic rings. The molecule has 2 saturated heterocycles. The van der Waals surface area contributed by atoms with Gasteiger partial charge in [-0.15, -0.1) is 0 Å². The van der Waals surface area contributed by atoms with Crippen molar-refractivity contribution in [3.8, 4) is 11.4 Å². The van der Waals surface area contributed by atoms with Gasteiger partial charge in [0.05, 0.1) is 26.4 Å². The van der Waals surface area contributed by atoms with Gasteiger partial charge in [0.15, 0.2) is 5.82 Å². The third kappa shape index (κ3) is 5.86. The Labute approximate surface area is 193 Å². The molecule has 2 aliphatic heterocycles. The first-order chi connectivity index (χ1) is 15.6. The minimum Gasteiger partial charge on any atom is -0.379 e. The number of nitrogens with zero attached hydrogens (tertiary/aromatic N) is 4. The van der Waals surface area contributed by atoms with Crippen molar-refractivity contribution in [1.29, 1.82) is 0 Å². The second kappa shape index (κ2) is 10.9. The minimum absolute atomic E-state index is 0.227. The standard InChI is InChI=1S/C22H29ClN6O3/c1-16-19(23)26-20(27-21(16)29-10-14-32-15-11-29)17-2-4-18(5-3-17)25-22(30)24-6-7-28-8-12-31-13-9-28/h2-5H,6-15H2,1H3,(H2,24,25,30). The van der Waals surface area contributed by atoms with E-state index >= 15 is 0 Å². The van der Waals surface area contributed by atoms with Crippen molar-refractivity contribution >= 4 is 29.1 Å². The molecule has 2 aliphatic rings. The van der Waals surface area contributed by atoms with Crippen LogP contribution in [0.3, 0.4) is 0 Å². The number of hydrogen-bond acceptors (Lipinski definition) is 7. The van der Waals surface area contributed by atoms with Crippen LogP contribution in [0.2, 0.25) is 5.15 Å². The summed E-state index contributed by atoms with van der Waals surface area (Å²) < 4.78 is 10.8. The minimum atomic E-state index is -0.227. The van der Waals surface area contributed by atoms with E-state index in [1.54, 1.807) is 0 Å².